The lowest BCUT2D eigenvalue weighted by atomic mass is 9.22. The average molecular weight is 905 g/mol. The van der Waals surface area contributed by atoms with E-state index in [1.54, 1.807) is 0 Å². The number of hydrogen-bond donors (Lipinski definition) is 0. The van der Waals surface area contributed by atoms with Crippen LogP contribution < -0.4 is 14.9 Å². The van der Waals surface area contributed by atoms with E-state index < -0.39 is 18.3 Å². The quantitative estimate of drug-likeness (QED) is 0.137. The molecule has 3 fully saturated rings. The van der Waals surface area contributed by atoms with Crippen LogP contribution in [0.15, 0.2) is 111 Å². The van der Waals surface area contributed by atoms with Crippen molar-refractivity contribution in [2.24, 2.45) is 10.8 Å². The van der Waals surface area contributed by atoms with Crippen molar-refractivity contribution in [3.63, 3.8) is 0 Å². The number of hydrogen-bond acceptors (Lipinski definition) is 10. The standard InChI is InChI=1S/C20H22BNO4.C14H28B2O2.C14H10BrNO2/c1-19(2)20(3,4)26-21(25-19)15-10-11-16(17-18(15)24-13-22-17)23-12-14-8-6-5-7-9-14;1-11(2)9-15(10-12(11,3)4)16-17-13(5,6)14(7,8)18-16;15-11-6-7-12(13-14(11)18-9-16-13)17-8-10-4-2-1-3-5-10/h5-11,13H,12H2,1-4H3;9-10H2,1-8H3;1-7,9H,8H2. The Labute approximate surface area is 376 Å². The molecule has 0 amide bonds. The maximum atomic E-state index is 6.21. The Kier molecular flexibility index (Phi) is 13.0. The first-order chi connectivity index (χ1) is 29.1. The summed E-state index contributed by atoms with van der Waals surface area (Å²) in [7, 11) is -0.533. The van der Waals surface area contributed by atoms with Gasteiger partial charge in [0.05, 0.1) is 26.9 Å². The van der Waals surface area contributed by atoms with E-state index in [1.807, 2.05) is 113 Å². The molecular formula is C48H60B3BrN2O8. The Morgan fingerprint density at radius 3 is 1.44 bits per heavy atom. The second-order valence-corrected chi connectivity index (χ2v) is 20.8. The first-order valence-electron chi connectivity index (χ1n) is 21.5. The Balaban J connectivity index is 0.000000144. The monoisotopic (exact) mass is 904 g/mol. The number of nitrogens with zero attached hydrogens (tertiary/aromatic N) is 2. The van der Waals surface area contributed by atoms with Crippen molar-refractivity contribution in [3.05, 3.63) is 113 Å². The molecule has 3 aliphatic rings. The SMILES string of the molecule is Brc1ccc(OCc2ccccc2)c2ncoc12.CC1(C)CB(B2OC(C)(C)C(C)(C)O2)CC1(C)C.CC1(C)OB(c2ccc(OCc3ccccc3)c3ncoc23)OC1(C)C. The van der Waals surface area contributed by atoms with Crippen LogP contribution in [0, 0.1) is 10.8 Å². The van der Waals surface area contributed by atoms with Crippen molar-refractivity contribution < 1.29 is 36.9 Å². The molecule has 14 heteroatoms. The molecule has 0 aliphatic carbocycles. The number of oxazole rings is 2. The van der Waals surface area contributed by atoms with E-state index in [0.717, 1.165) is 32.3 Å². The lowest BCUT2D eigenvalue weighted by molar-refractivity contribution is 0.00578. The lowest BCUT2D eigenvalue weighted by Gasteiger charge is -2.35. The normalized spacial score (nSPS) is 20.1. The zero-order chi connectivity index (χ0) is 44.7. The Morgan fingerprint density at radius 1 is 0.532 bits per heavy atom. The van der Waals surface area contributed by atoms with Gasteiger partial charge in [-0.2, -0.15) is 0 Å². The zero-order valence-electron chi connectivity index (χ0n) is 38.3. The molecule has 0 saturated carbocycles. The molecule has 3 saturated heterocycles. The fraction of sp³-hybridized carbons (Fsp3) is 0.458. The van der Waals surface area contributed by atoms with Gasteiger partial charge in [-0.1, -0.05) is 107 Å². The van der Waals surface area contributed by atoms with Crippen LogP contribution in [-0.2, 0) is 31.8 Å². The minimum absolute atomic E-state index is 0.0314. The van der Waals surface area contributed by atoms with Crippen molar-refractivity contribution in [2.45, 2.75) is 131 Å². The van der Waals surface area contributed by atoms with E-state index in [2.05, 4.69) is 81.3 Å². The van der Waals surface area contributed by atoms with Gasteiger partial charge in [0, 0.05) is 5.46 Å². The Bertz CT molecular complexity index is 2370. The molecule has 4 aromatic carbocycles. The van der Waals surface area contributed by atoms with Gasteiger partial charge in [-0.05, 0) is 111 Å². The van der Waals surface area contributed by atoms with Crippen LogP contribution in [0.2, 0.25) is 12.6 Å². The number of benzene rings is 4. The summed E-state index contributed by atoms with van der Waals surface area (Å²) in [4.78, 5) is 8.50. The minimum atomic E-state index is -0.501. The molecule has 10 nitrogen and oxygen atoms in total. The molecule has 326 valence electrons. The van der Waals surface area contributed by atoms with Gasteiger partial charge in [-0.15, -0.1) is 0 Å². The van der Waals surface area contributed by atoms with Gasteiger partial charge in [-0.3, -0.25) is 0 Å². The van der Waals surface area contributed by atoms with Gasteiger partial charge in [0.15, 0.2) is 41.6 Å². The van der Waals surface area contributed by atoms with Gasteiger partial charge < -0.3 is 36.9 Å². The van der Waals surface area contributed by atoms with Crippen LogP contribution in [0.5, 0.6) is 11.5 Å². The number of aromatic nitrogens is 2. The van der Waals surface area contributed by atoms with Crippen LogP contribution >= 0.6 is 15.9 Å². The lowest BCUT2D eigenvalue weighted by Crippen LogP contribution is -2.41. The van der Waals surface area contributed by atoms with Crippen LogP contribution in [-0.4, -0.2) is 53.1 Å². The highest BCUT2D eigenvalue weighted by atomic mass is 79.9. The van der Waals surface area contributed by atoms with E-state index in [-0.39, 0.29) is 18.2 Å². The summed E-state index contributed by atoms with van der Waals surface area (Å²) in [6, 6.07) is 27.7. The zero-order valence-corrected chi connectivity index (χ0v) is 39.9. The van der Waals surface area contributed by atoms with Crippen LogP contribution in [0.3, 0.4) is 0 Å². The highest BCUT2D eigenvalue weighted by molar-refractivity contribution is 9.10. The highest BCUT2D eigenvalue weighted by Gasteiger charge is 2.60. The predicted molar refractivity (Wildman–Crippen MR) is 252 cm³/mol. The molecular weight excluding hydrogens is 845 g/mol. The third-order valence-corrected chi connectivity index (χ3v) is 14.5. The molecule has 5 heterocycles. The third-order valence-electron chi connectivity index (χ3n) is 13.9. The second-order valence-electron chi connectivity index (χ2n) is 20.0. The molecule has 2 aromatic heterocycles. The van der Waals surface area contributed by atoms with Crippen molar-refractivity contribution >= 4 is 64.3 Å². The van der Waals surface area contributed by atoms with Crippen molar-refractivity contribution in [1.29, 1.82) is 0 Å². The molecule has 0 bridgehead atoms. The van der Waals surface area contributed by atoms with E-state index >= 15 is 0 Å². The van der Waals surface area contributed by atoms with Crippen LogP contribution in [0.4, 0.5) is 0 Å². The molecule has 62 heavy (non-hydrogen) atoms. The summed E-state index contributed by atoms with van der Waals surface area (Å²) in [5.41, 5.74) is 5.30. The molecule has 6 aromatic rings. The van der Waals surface area contributed by atoms with Gasteiger partial charge in [0.1, 0.15) is 24.7 Å². The van der Waals surface area contributed by atoms with Gasteiger partial charge in [0.25, 0.3) is 0 Å². The first kappa shape index (κ1) is 45.9. The summed E-state index contributed by atoms with van der Waals surface area (Å²) < 4.78 is 48.3. The average Bonchev–Trinajstić information content (AvgIpc) is 4.02. The van der Waals surface area contributed by atoms with Crippen molar-refractivity contribution in [1.82, 2.24) is 9.97 Å². The Morgan fingerprint density at radius 2 is 0.952 bits per heavy atom. The molecule has 0 radical (unpaired) electrons. The summed E-state index contributed by atoms with van der Waals surface area (Å²) in [6.45, 7) is 27.7. The molecule has 0 spiro atoms. The molecule has 3 aliphatic heterocycles. The van der Waals surface area contributed by atoms with Crippen LogP contribution in [0.25, 0.3) is 22.2 Å². The summed E-state index contributed by atoms with van der Waals surface area (Å²) in [6.07, 6.45) is 5.23. The topological polar surface area (TPSA) is 107 Å². The maximum Gasteiger partial charge on any atom is 0.498 e. The third kappa shape index (κ3) is 9.55. The van der Waals surface area contributed by atoms with Crippen molar-refractivity contribution in [2.75, 3.05) is 0 Å². The number of ether oxygens (including phenoxy) is 2. The number of rotatable bonds is 8. The summed E-state index contributed by atoms with van der Waals surface area (Å²) in [5, 5.41) is 0. The predicted octanol–water partition coefficient (Wildman–Crippen LogP) is 11.6. The van der Waals surface area contributed by atoms with E-state index in [4.69, 9.17) is 36.9 Å². The summed E-state index contributed by atoms with van der Waals surface area (Å²) >= 11 is 3.42. The number of fused-ring (bicyclic) bond motifs is 2. The largest absolute Gasteiger partial charge is 0.498 e. The Hall–Kier alpha value is -4.07. The highest BCUT2D eigenvalue weighted by Crippen LogP contribution is 2.54. The molecule has 0 N–H and O–H groups in total. The minimum Gasteiger partial charge on any atom is -0.486 e. The van der Waals surface area contributed by atoms with Gasteiger partial charge in [0.2, 0.25) is 0 Å². The fourth-order valence-electron chi connectivity index (χ4n) is 7.91. The molecule has 9 rings (SSSR count). The van der Waals surface area contributed by atoms with E-state index in [1.165, 1.54) is 25.4 Å². The van der Waals surface area contributed by atoms with E-state index in [9.17, 15) is 0 Å². The van der Waals surface area contributed by atoms with Gasteiger partial charge in [-0.25, -0.2) is 9.97 Å². The molecule has 0 atom stereocenters. The van der Waals surface area contributed by atoms with Gasteiger partial charge >= 0.3 is 14.1 Å². The van der Waals surface area contributed by atoms with E-state index in [0.29, 0.717) is 53.1 Å². The number of halogens is 1. The molecule has 0 unspecified atom stereocenters. The second kappa shape index (κ2) is 17.5. The fourth-order valence-corrected chi connectivity index (χ4v) is 8.32. The maximum absolute atomic E-state index is 6.21. The summed E-state index contributed by atoms with van der Waals surface area (Å²) in [5.74, 6) is 1.41. The van der Waals surface area contributed by atoms with Crippen LogP contribution in [0.1, 0.15) is 94.2 Å². The first-order valence-corrected chi connectivity index (χ1v) is 22.3. The van der Waals surface area contributed by atoms with Crippen molar-refractivity contribution in [3.8, 4) is 11.5 Å². The smallest absolute Gasteiger partial charge is 0.486 e.